The first-order valence-electron chi connectivity index (χ1n) is 5.06. The molecule has 4 nitrogen and oxygen atoms in total. The van der Waals surface area contributed by atoms with Gasteiger partial charge in [0.05, 0.1) is 0 Å². The third-order valence-electron chi connectivity index (χ3n) is 2.21. The first-order chi connectivity index (χ1) is 6.20. The summed E-state index contributed by atoms with van der Waals surface area (Å²) in [6, 6.07) is 0.879. The van der Waals surface area contributed by atoms with Crippen molar-refractivity contribution in [2.24, 2.45) is 17.2 Å². The zero-order chi connectivity index (χ0) is 10.1. The molecule has 1 saturated carbocycles. The molecule has 0 aromatic heterocycles. The summed E-state index contributed by atoms with van der Waals surface area (Å²) in [6.45, 7) is 1.65. The molecule has 0 unspecified atom stereocenters. The molecule has 0 heterocycles. The Morgan fingerprint density at radius 3 is 1.62 bits per heavy atom. The number of rotatable bonds is 2. The Balaban J connectivity index is 0.000000252. The van der Waals surface area contributed by atoms with Gasteiger partial charge < -0.3 is 22.5 Å². The van der Waals surface area contributed by atoms with Crippen molar-refractivity contribution in [1.82, 2.24) is 5.32 Å². The molecule has 1 rings (SSSR count). The number of nitrogens with one attached hydrogen (secondary N) is 1. The lowest BCUT2D eigenvalue weighted by Crippen LogP contribution is -2.33. The van der Waals surface area contributed by atoms with E-state index in [-0.39, 0.29) is 0 Å². The highest BCUT2D eigenvalue weighted by atomic mass is 14.8. The van der Waals surface area contributed by atoms with E-state index in [0.29, 0.717) is 12.1 Å². The van der Waals surface area contributed by atoms with E-state index in [2.05, 4.69) is 5.32 Å². The Morgan fingerprint density at radius 2 is 1.46 bits per heavy atom. The van der Waals surface area contributed by atoms with Crippen molar-refractivity contribution in [3.8, 4) is 0 Å². The second-order valence-corrected chi connectivity index (χ2v) is 3.57. The zero-order valence-electron chi connectivity index (χ0n) is 8.63. The number of nitrogens with two attached hydrogens (primary N) is 3. The summed E-state index contributed by atoms with van der Waals surface area (Å²) in [4.78, 5) is 0. The van der Waals surface area contributed by atoms with Gasteiger partial charge >= 0.3 is 0 Å². The molecular weight excluding hydrogens is 164 g/mol. The second-order valence-electron chi connectivity index (χ2n) is 3.57. The van der Waals surface area contributed by atoms with Crippen LogP contribution >= 0.6 is 0 Å². The molecule has 1 fully saturated rings. The van der Waals surface area contributed by atoms with Crippen LogP contribution in [-0.4, -0.2) is 32.2 Å². The molecule has 0 amide bonds. The van der Waals surface area contributed by atoms with Gasteiger partial charge in [0.25, 0.3) is 0 Å². The van der Waals surface area contributed by atoms with Crippen molar-refractivity contribution >= 4 is 0 Å². The van der Waals surface area contributed by atoms with E-state index in [4.69, 9.17) is 17.2 Å². The Hall–Kier alpha value is -0.160. The standard InChI is InChI=1S/C6H14N2.C3H10N2/c7-5-1-2-6(8)4-3-5;1-5-3-2-4/h5-6H,1-4,7-8H2;5H,2-4H2,1H3. The highest BCUT2D eigenvalue weighted by Gasteiger charge is 2.13. The number of hydrogen-bond acceptors (Lipinski definition) is 4. The van der Waals surface area contributed by atoms with Crippen LogP contribution in [0.2, 0.25) is 0 Å². The molecule has 0 spiro atoms. The van der Waals surface area contributed by atoms with Gasteiger partial charge in [0.2, 0.25) is 0 Å². The van der Waals surface area contributed by atoms with Gasteiger partial charge in [-0.05, 0) is 32.7 Å². The summed E-state index contributed by atoms with van der Waals surface area (Å²) in [5, 5.41) is 2.89. The topological polar surface area (TPSA) is 90.1 Å². The fourth-order valence-electron chi connectivity index (χ4n) is 1.29. The van der Waals surface area contributed by atoms with E-state index in [1.165, 1.54) is 0 Å². The molecule has 7 N–H and O–H groups in total. The average Bonchev–Trinajstić information content (AvgIpc) is 2.13. The van der Waals surface area contributed by atoms with Gasteiger partial charge in [-0.3, -0.25) is 0 Å². The SMILES string of the molecule is CNCCN.NC1CCC(N)CC1. The third kappa shape index (κ3) is 8.18. The minimum atomic E-state index is 0.440. The van der Waals surface area contributed by atoms with Crippen LogP contribution < -0.4 is 22.5 Å². The summed E-state index contributed by atoms with van der Waals surface area (Å²) in [6.07, 6.45) is 4.50. The Labute approximate surface area is 81.2 Å². The van der Waals surface area contributed by atoms with Gasteiger partial charge in [0.15, 0.2) is 0 Å². The van der Waals surface area contributed by atoms with Crippen LogP contribution in [0.5, 0.6) is 0 Å². The summed E-state index contributed by atoms with van der Waals surface area (Å²) in [5.74, 6) is 0. The van der Waals surface area contributed by atoms with Gasteiger partial charge in [-0.1, -0.05) is 0 Å². The lowest BCUT2D eigenvalue weighted by molar-refractivity contribution is 0.395. The molecule has 13 heavy (non-hydrogen) atoms. The van der Waals surface area contributed by atoms with E-state index < -0.39 is 0 Å². The van der Waals surface area contributed by atoms with Gasteiger partial charge in [0.1, 0.15) is 0 Å². The van der Waals surface area contributed by atoms with E-state index in [9.17, 15) is 0 Å². The van der Waals surface area contributed by atoms with Crippen molar-refractivity contribution in [2.75, 3.05) is 20.1 Å². The molecule has 0 aromatic rings. The van der Waals surface area contributed by atoms with E-state index >= 15 is 0 Å². The van der Waals surface area contributed by atoms with Crippen molar-refractivity contribution in [1.29, 1.82) is 0 Å². The summed E-state index contributed by atoms with van der Waals surface area (Å²) in [5.41, 5.74) is 16.4. The summed E-state index contributed by atoms with van der Waals surface area (Å²) < 4.78 is 0. The van der Waals surface area contributed by atoms with Crippen molar-refractivity contribution < 1.29 is 0 Å². The maximum absolute atomic E-state index is 5.64. The monoisotopic (exact) mass is 188 g/mol. The second kappa shape index (κ2) is 8.44. The normalized spacial score (nSPS) is 27.7. The van der Waals surface area contributed by atoms with E-state index in [1.807, 2.05) is 7.05 Å². The van der Waals surface area contributed by atoms with Gasteiger partial charge in [-0.2, -0.15) is 0 Å². The highest BCUT2D eigenvalue weighted by Crippen LogP contribution is 2.14. The van der Waals surface area contributed by atoms with Crippen molar-refractivity contribution in [2.45, 2.75) is 37.8 Å². The van der Waals surface area contributed by atoms with E-state index in [0.717, 1.165) is 38.8 Å². The maximum Gasteiger partial charge on any atom is 0.00714 e. The van der Waals surface area contributed by atoms with Crippen LogP contribution in [0.1, 0.15) is 25.7 Å². The molecule has 1 aliphatic rings. The fraction of sp³-hybridized carbons (Fsp3) is 1.00. The van der Waals surface area contributed by atoms with Crippen LogP contribution in [0.4, 0.5) is 0 Å². The molecule has 1 aliphatic carbocycles. The molecule has 0 radical (unpaired) electrons. The Kier molecular flexibility index (Phi) is 8.33. The molecule has 0 aliphatic heterocycles. The summed E-state index contributed by atoms with van der Waals surface area (Å²) in [7, 11) is 1.88. The number of hydrogen-bond donors (Lipinski definition) is 4. The smallest absolute Gasteiger partial charge is 0.00714 e. The molecule has 0 bridgehead atoms. The van der Waals surface area contributed by atoms with Crippen LogP contribution in [-0.2, 0) is 0 Å². The van der Waals surface area contributed by atoms with Crippen molar-refractivity contribution in [3.05, 3.63) is 0 Å². The van der Waals surface area contributed by atoms with Crippen LogP contribution in [0.25, 0.3) is 0 Å². The fourth-order valence-corrected chi connectivity index (χ4v) is 1.29. The largest absolute Gasteiger partial charge is 0.329 e. The summed E-state index contributed by atoms with van der Waals surface area (Å²) >= 11 is 0. The van der Waals surface area contributed by atoms with Crippen LogP contribution in [0, 0.1) is 0 Å². The zero-order valence-corrected chi connectivity index (χ0v) is 8.63. The van der Waals surface area contributed by atoms with Crippen molar-refractivity contribution in [3.63, 3.8) is 0 Å². The predicted molar refractivity (Wildman–Crippen MR) is 57.4 cm³/mol. The quantitative estimate of drug-likeness (QED) is 0.465. The third-order valence-corrected chi connectivity index (χ3v) is 2.21. The first-order valence-corrected chi connectivity index (χ1v) is 5.06. The number of likely N-dealkylation sites (N-methyl/N-ethyl adjacent to an activating group) is 1. The van der Waals surface area contributed by atoms with Crippen LogP contribution in [0.3, 0.4) is 0 Å². The Morgan fingerprint density at radius 1 is 1.08 bits per heavy atom. The van der Waals surface area contributed by atoms with Gasteiger partial charge in [0, 0.05) is 25.2 Å². The lowest BCUT2D eigenvalue weighted by Gasteiger charge is -2.22. The average molecular weight is 188 g/mol. The van der Waals surface area contributed by atoms with Crippen LogP contribution in [0.15, 0.2) is 0 Å². The molecular formula is C9H24N4. The maximum atomic E-state index is 5.64. The van der Waals surface area contributed by atoms with Gasteiger partial charge in [-0.15, -0.1) is 0 Å². The molecule has 0 atom stereocenters. The Bertz CT molecular complexity index is 87.8. The highest BCUT2D eigenvalue weighted by molar-refractivity contribution is 4.75. The molecule has 0 saturated heterocycles. The van der Waals surface area contributed by atoms with Gasteiger partial charge in [-0.25, -0.2) is 0 Å². The lowest BCUT2D eigenvalue weighted by atomic mass is 9.93. The molecule has 4 heteroatoms. The predicted octanol–water partition coefficient (Wildman–Crippen LogP) is -0.620. The molecule has 80 valence electrons. The van der Waals surface area contributed by atoms with E-state index in [1.54, 1.807) is 0 Å². The molecule has 0 aromatic carbocycles. The minimum absolute atomic E-state index is 0.440. The minimum Gasteiger partial charge on any atom is -0.329 e. The first kappa shape index (κ1) is 12.8.